The van der Waals surface area contributed by atoms with E-state index in [1.165, 1.54) is 23.5 Å². The van der Waals surface area contributed by atoms with Gasteiger partial charge in [-0.05, 0) is 17.7 Å². The van der Waals surface area contributed by atoms with E-state index in [1.807, 2.05) is 42.5 Å². The number of imidazole rings is 1. The molecule has 0 spiro atoms. The lowest BCUT2D eigenvalue weighted by atomic mass is 10.1. The van der Waals surface area contributed by atoms with Gasteiger partial charge in [0.25, 0.3) is 0 Å². The molecule has 3 aromatic heterocycles. The molecule has 40 heavy (non-hydrogen) atoms. The van der Waals surface area contributed by atoms with Gasteiger partial charge in [-0.2, -0.15) is 4.98 Å². The molecule has 6 rings (SSSR count). The van der Waals surface area contributed by atoms with Crippen LogP contribution in [0.4, 0.5) is 5.95 Å². The van der Waals surface area contributed by atoms with Crippen LogP contribution in [0.3, 0.4) is 0 Å². The molecular formula is C27H25N5O6S2. The third kappa shape index (κ3) is 5.07. The molecule has 11 nitrogen and oxygen atoms in total. The maximum absolute atomic E-state index is 12.6. The highest BCUT2D eigenvalue weighted by Gasteiger charge is 2.45. The molecule has 2 aromatic carbocycles. The van der Waals surface area contributed by atoms with Crippen molar-refractivity contribution in [3.63, 3.8) is 0 Å². The molecule has 13 heteroatoms. The summed E-state index contributed by atoms with van der Waals surface area (Å²) in [5.74, 6) is 0.766. The fourth-order valence-corrected chi connectivity index (χ4v) is 6.44. The second-order valence-corrected chi connectivity index (χ2v) is 11.1. The Morgan fingerprint density at radius 2 is 1.73 bits per heavy atom. The number of rotatable bonds is 8. The number of thioether (sulfide) groups is 2. The number of aliphatic hydroxyl groups excluding tert-OH is 3. The van der Waals surface area contributed by atoms with Crippen molar-refractivity contribution in [2.24, 2.45) is 0 Å². The van der Waals surface area contributed by atoms with Gasteiger partial charge in [0.1, 0.15) is 34.4 Å². The van der Waals surface area contributed by atoms with E-state index in [4.69, 9.17) is 19.9 Å². The first kappa shape index (κ1) is 26.7. The largest absolute Gasteiger partial charge is 0.423 e. The van der Waals surface area contributed by atoms with Crippen LogP contribution in [0.5, 0.6) is 0 Å². The number of ether oxygens (including phenoxy) is 1. The molecule has 4 heterocycles. The summed E-state index contributed by atoms with van der Waals surface area (Å²) in [5, 5.41) is 32.6. The van der Waals surface area contributed by atoms with E-state index in [2.05, 4.69) is 9.97 Å². The van der Waals surface area contributed by atoms with Crippen LogP contribution < -0.4 is 11.4 Å². The summed E-state index contributed by atoms with van der Waals surface area (Å²) < 4.78 is 12.9. The van der Waals surface area contributed by atoms with Gasteiger partial charge >= 0.3 is 5.63 Å². The summed E-state index contributed by atoms with van der Waals surface area (Å²) >= 11 is 2.65. The van der Waals surface area contributed by atoms with Crippen molar-refractivity contribution < 1.29 is 24.5 Å². The number of hydrogen-bond acceptors (Lipinski definition) is 12. The number of anilines is 1. The lowest BCUT2D eigenvalue weighted by molar-refractivity contribution is -0.0548. The first-order valence-corrected chi connectivity index (χ1v) is 14.4. The number of hydrogen-bond donors (Lipinski definition) is 4. The van der Waals surface area contributed by atoms with Crippen LogP contribution in [0.1, 0.15) is 17.4 Å². The molecule has 0 aliphatic carbocycles. The Balaban J connectivity index is 1.39. The van der Waals surface area contributed by atoms with Crippen molar-refractivity contribution in [2.45, 2.75) is 46.2 Å². The lowest BCUT2D eigenvalue weighted by Gasteiger charge is -2.19. The van der Waals surface area contributed by atoms with Crippen molar-refractivity contribution in [1.29, 1.82) is 0 Å². The Morgan fingerprint density at radius 1 is 0.950 bits per heavy atom. The first-order valence-electron chi connectivity index (χ1n) is 12.4. The smallest absolute Gasteiger partial charge is 0.340 e. The summed E-state index contributed by atoms with van der Waals surface area (Å²) in [6.07, 6.45) is -4.71. The summed E-state index contributed by atoms with van der Waals surface area (Å²) in [6.45, 7) is -0.472. The average Bonchev–Trinajstić information content (AvgIpc) is 3.46. The predicted octanol–water partition coefficient (Wildman–Crippen LogP) is 2.71. The summed E-state index contributed by atoms with van der Waals surface area (Å²) in [5.41, 5.74) is 8.37. The third-order valence-corrected chi connectivity index (χ3v) is 8.59. The Labute approximate surface area is 236 Å². The maximum atomic E-state index is 12.6. The van der Waals surface area contributed by atoms with Crippen LogP contribution in [0, 0.1) is 0 Å². The minimum atomic E-state index is -1.35. The van der Waals surface area contributed by atoms with Crippen LogP contribution >= 0.6 is 23.5 Å². The van der Waals surface area contributed by atoms with Gasteiger partial charge in [-0.25, -0.2) is 14.8 Å². The number of aliphatic hydroxyl groups is 3. The molecule has 5 N–H and O–H groups in total. The van der Waals surface area contributed by atoms with E-state index in [-0.39, 0.29) is 11.7 Å². The van der Waals surface area contributed by atoms with Crippen LogP contribution in [0.15, 0.2) is 80.1 Å². The molecule has 0 radical (unpaired) electrons. The second kappa shape index (κ2) is 11.2. The second-order valence-electron chi connectivity index (χ2n) is 9.21. The quantitative estimate of drug-likeness (QED) is 0.121. The zero-order chi connectivity index (χ0) is 27.8. The molecule has 1 fully saturated rings. The van der Waals surface area contributed by atoms with Gasteiger partial charge in [0, 0.05) is 22.5 Å². The van der Waals surface area contributed by atoms with Gasteiger partial charge in [0.2, 0.25) is 5.95 Å². The zero-order valence-corrected chi connectivity index (χ0v) is 22.6. The molecule has 0 bridgehead atoms. The zero-order valence-electron chi connectivity index (χ0n) is 21.0. The molecule has 0 saturated carbocycles. The van der Waals surface area contributed by atoms with Crippen molar-refractivity contribution in [3.8, 4) is 0 Å². The van der Waals surface area contributed by atoms with E-state index in [0.29, 0.717) is 38.2 Å². The molecule has 1 aliphatic rings. The van der Waals surface area contributed by atoms with Crippen molar-refractivity contribution in [1.82, 2.24) is 19.5 Å². The lowest BCUT2D eigenvalue weighted by Crippen LogP contribution is -2.33. The molecule has 4 atom stereocenters. The van der Waals surface area contributed by atoms with Gasteiger partial charge in [0.15, 0.2) is 17.0 Å². The number of aromatic nitrogens is 4. The summed E-state index contributed by atoms with van der Waals surface area (Å²) in [4.78, 5) is 26.2. The van der Waals surface area contributed by atoms with Crippen molar-refractivity contribution in [3.05, 3.63) is 82.2 Å². The molecular weight excluding hydrogens is 554 g/mol. The van der Waals surface area contributed by atoms with Gasteiger partial charge in [-0.15, -0.1) is 0 Å². The van der Waals surface area contributed by atoms with Crippen molar-refractivity contribution >= 4 is 51.6 Å². The topological polar surface area (TPSA) is 170 Å². The third-order valence-electron chi connectivity index (χ3n) is 6.55. The SMILES string of the molecule is Nc1nc(SCc2cc3ccccc3oc2=O)c2nc(SCc3ccccc3)n([C@@H]3O[C@H](CO)[C@@H](O)[C@H]3O)c2n1. The highest BCUT2D eigenvalue weighted by Crippen LogP contribution is 2.39. The molecule has 1 aliphatic heterocycles. The monoisotopic (exact) mass is 579 g/mol. The van der Waals surface area contributed by atoms with Gasteiger partial charge in [-0.1, -0.05) is 72.1 Å². The summed E-state index contributed by atoms with van der Waals surface area (Å²) in [7, 11) is 0. The highest BCUT2D eigenvalue weighted by atomic mass is 32.2. The first-order chi connectivity index (χ1) is 19.4. The molecule has 206 valence electrons. The van der Waals surface area contributed by atoms with Crippen LogP contribution in [0.2, 0.25) is 0 Å². The molecule has 5 aromatic rings. The fourth-order valence-electron chi connectivity index (χ4n) is 4.54. The van der Waals surface area contributed by atoms with E-state index >= 15 is 0 Å². The van der Waals surface area contributed by atoms with Gasteiger partial charge in [-0.3, -0.25) is 4.57 Å². The maximum Gasteiger partial charge on any atom is 0.340 e. The number of nitrogens with two attached hydrogens (primary N) is 1. The van der Waals surface area contributed by atoms with Crippen LogP contribution in [0.25, 0.3) is 22.1 Å². The van der Waals surface area contributed by atoms with E-state index in [9.17, 15) is 20.1 Å². The number of nitrogens with zero attached hydrogens (tertiary/aromatic N) is 4. The minimum absolute atomic E-state index is 0.0342. The predicted molar refractivity (Wildman–Crippen MR) is 151 cm³/mol. The summed E-state index contributed by atoms with van der Waals surface area (Å²) in [6, 6.07) is 18.8. The molecule has 1 saturated heterocycles. The Bertz CT molecular complexity index is 1730. The Hall–Kier alpha value is -3.46. The van der Waals surface area contributed by atoms with Crippen molar-refractivity contribution in [2.75, 3.05) is 12.3 Å². The standard InChI is InChI=1S/C27H25N5O6S2/c28-26-30-22-19(23(31-26)39-13-16-10-15-8-4-5-9-17(15)38-25(16)36)29-27(40-12-14-6-2-1-3-7-14)32(22)24-21(35)20(34)18(11-33)37-24/h1-10,18,20-21,24,33-35H,11-13H2,(H2,28,30,31)/t18-,20-,21-,24-/m1/s1. The Morgan fingerprint density at radius 3 is 2.50 bits per heavy atom. The Kier molecular flexibility index (Phi) is 7.49. The normalized spacial score (nSPS) is 21.0. The van der Waals surface area contributed by atoms with Crippen LogP contribution in [-0.2, 0) is 16.2 Å². The average molecular weight is 580 g/mol. The van der Waals surface area contributed by atoms with E-state index in [1.54, 1.807) is 22.8 Å². The van der Waals surface area contributed by atoms with Gasteiger partial charge < -0.3 is 30.2 Å². The highest BCUT2D eigenvalue weighted by molar-refractivity contribution is 7.98. The van der Waals surface area contributed by atoms with E-state index < -0.39 is 36.8 Å². The molecule has 0 amide bonds. The van der Waals surface area contributed by atoms with Crippen LogP contribution in [-0.4, -0.2) is 59.8 Å². The van der Waals surface area contributed by atoms with Gasteiger partial charge in [0.05, 0.1) is 6.61 Å². The number of nitrogen functional groups attached to an aromatic ring is 1. The fraction of sp³-hybridized carbons (Fsp3) is 0.259. The minimum Gasteiger partial charge on any atom is -0.423 e. The molecule has 0 unspecified atom stereocenters. The van der Waals surface area contributed by atoms with E-state index in [0.717, 1.165) is 10.9 Å². The number of benzene rings is 2. The number of fused-ring (bicyclic) bond motifs is 2. The number of para-hydroxylation sites is 1.